The van der Waals surface area contributed by atoms with E-state index in [0.717, 1.165) is 42.5 Å². The minimum atomic E-state index is -0.480. The predicted octanol–water partition coefficient (Wildman–Crippen LogP) is 4.43. The van der Waals surface area contributed by atoms with E-state index < -0.39 is 11.6 Å². The predicted molar refractivity (Wildman–Crippen MR) is 141 cm³/mol. The number of aryl methyl sites for hydroxylation is 1. The highest BCUT2D eigenvalue weighted by atomic mass is 19.1. The van der Waals surface area contributed by atoms with E-state index in [4.69, 9.17) is 4.98 Å². The van der Waals surface area contributed by atoms with Gasteiger partial charge in [0.25, 0.3) is 5.91 Å². The second-order valence-electron chi connectivity index (χ2n) is 9.56. The van der Waals surface area contributed by atoms with Crippen molar-refractivity contribution in [3.05, 3.63) is 94.8 Å². The summed E-state index contributed by atoms with van der Waals surface area (Å²) in [6, 6.07) is 12.7. The molecule has 0 spiro atoms. The molecular weight excluding hydrogens is 504 g/mol. The molecule has 2 aromatic carbocycles. The molecule has 0 saturated carbocycles. The van der Waals surface area contributed by atoms with E-state index in [1.165, 1.54) is 23.9 Å². The molecule has 3 heterocycles. The molecule has 2 aromatic heterocycles. The Morgan fingerprint density at radius 2 is 1.90 bits per heavy atom. The van der Waals surface area contributed by atoms with Crippen molar-refractivity contribution in [2.24, 2.45) is 0 Å². The highest BCUT2D eigenvalue weighted by Crippen LogP contribution is 2.36. The molecule has 1 amide bonds. The molecule has 39 heavy (non-hydrogen) atoms. The van der Waals surface area contributed by atoms with Crippen LogP contribution in [-0.4, -0.2) is 46.7 Å². The second-order valence-corrected chi connectivity index (χ2v) is 9.56. The Hall–Kier alpha value is -4.34. The average Bonchev–Trinajstić information content (AvgIpc) is 3.60. The van der Waals surface area contributed by atoms with E-state index in [9.17, 15) is 18.4 Å². The number of esters is 1. The quantitative estimate of drug-likeness (QED) is 0.253. The maximum Gasteiger partial charge on any atom is 0.309 e. The SMILES string of the molecule is COC(=O)Cc1ccc(CCCNC(=O)c2cnn3ccc(N4CCC[C@@H]4c4cc(F)ccc4F)nc23)cc1. The number of nitrogens with one attached hydrogen (secondary N) is 1. The van der Waals surface area contributed by atoms with Gasteiger partial charge in [0, 0.05) is 24.8 Å². The number of aromatic nitrogens is 3. The molecule has 1 saturated heterocycles. The van der Waals surface area contributed by atoms with E-state index in [-0.39, 0.29) is 24.3 Å². The number of ether oxygens (including phenoxy) is 1. The maximum atomic E-state index is 14.5. The number of halogens is 2. The number of nitrogens with zero attached hydrogens (tertiary/aromatic N) is 4. The fraction of sp³-hybridized carbons (Fsp3) is 0.310. The van der Waals surface area contributed by atoms with Gasteiger partial charge in [0.15, 0.2) is 5.65 Å². The standard InChI is InChI=1S/C29H29F2N5O3/c1-39-27(37)16-20-8-6-19(7-9-20)4-2-13-32-29(38)23-18-33-36-15-12-26(34-28(23)36)35-14-3-5-25(35)22-17-21(30)10-11-24(22)31/h6-12,15,17-18,25H,2-5,13-14,16H2,1H3,(H,32,38)/t25-/m1/s1. The van der Waals surface area contributed by atoms with Crippen molar-refractivity contribution >= 4 is 23.3 Å². The van der Waals surface area contributed by atoms with Crippen LogP contribution in [0.2, 0.25) is 0 Å². The Kier molecular flexibility index (Phi) is 7.81. The summed E-state index contributed by atoms with van der Waals surface area (Å²) < 4.78 is 34.6. The van der Waals surface area contributed by atoms with Crippen molar-refractivity contribution in [3.8, 4) is 0 Å². The Labute approximate surface area is 224 Å². The number of hydrogen-bond donors (Lipinski definition) is 1. The van der Waals surface area contributed by atoms with Gasteiger partial charge >= 0.3 is 5.97 Å². The number of fused-ring (bicyclic) bond motifs is 1. The molecular formula is C29H29F2N5O3. The Balaban J connectivity index is 1.22. The summed E-state index contributed by atoms with van der Waals surface area (Å²) in [5, 5.41) is 7.18. The molecule has 1 atom stereocenters. The van der Waals surface area contributed by atoms with Gasteiger partial charge in [-0.15, -0.1) is 0 Å². The molecule has 0 aliphatic carbocycles. The number of anilines is 1. The van der Waals surface area contributed by atoms with Crippen LogP contribution in [0.25, 0.3) is 5.65 Å². The number of methoxy groups -OCH3 is 1. The fourth-order valence-electron chi connectivity index (χ4n) is 4.97. The summed E-state index contributed by atoms with van der Waals surface area (Å²) in [5.74, 6) is -0.903. The summed E-state index contributed by atoms with van der Waals surface area (Å²) in [6.07, 6.45) is 6.42. The van der Waals surface area contributed by atoms with E-state index in [1.54, 1.807) is 12.3 Å². The normalized spacial score (nSPS) is 15.1. The van der Waals surface area contributed by atoms with Gasteiger partial charge in [-0.2, -0.15) is 5.10 Å². The van der Waals surface area contributed by atoms with Gasteiger partial charge in [0.05, 0.1) is 25.8 Å². The smallest absolute Gasteiger partial charge is 0.309 e. The van der Waals surface area contributed by atoms with Crippen LogP contribution in [-0.2, 0) is 22.4 Å². The molecule has 1 fully saturated rings. The van der Waals surface area contributed by atoms with Gasteiger partial charge in [-0.25, -0.2) is 18.3 Å². The van der Waals surface area contributed by atoms with Crippen LogP contribution in [0.15, 0.2) is 60.9 Å². The zero-order chi connectivity index (χ0) is 27.4. The molecule has 0 radical (unpaired) electrons. The second kappa shape index (κ2) is 11.6. The minimum absolute atomic E-state index is 0.238. The van der Waals surface area contributed by atoms with Crippen LogP contribution in [0.3, 0.4) is 0 Å². The Morgan fingerprint density at radius 3 is 2.69 bits per heavy atom. The monoisotopic (exact) mass is 533 g/mol. The Morgan fingerprint density at radius 1 is 1.10 bits per heavy atom. The lowest BCUT2D eigenvalue weighted by molar-refractivity contribution is -0.139. The number of carbonyl (C=O) groups is 2. The van der Waals surface area contributed by atoms with Crippen molar-refractivity contribution in [1.29, 1.82) is 0 Å². The van der Waals surface area contributed by atoms with E-state index in [0.29, 0.717) is 42.1 Å². The summed E-state index contributed by atoms with van der Waals surface area (Å²) in [6.45, 7) is 1.11. The number of amides is 1. The van der Waals surface area contributed by atoms with Crippen LogP contribution in [0.5, 0.6) is 0 Å². The van der Waals surface area contributed by atoms with Crippen LogP contribution < -0.4 is 10.2 Å². The minimum Gasteiger partial charge on any atom is -0.469 e. The first-order valence-corrected chi connectivity index (χ1v) is 12.9. The Bertz CT molecular complexity index is 1490. The topological polar surface area (TPSA) is 88.8 Å². The van der Waals surface area contributed by atoms with E-state index >= 15 is 0 Å². The maximum absolute atomic E-state index is 14.5. The highest BCUT2D eigenvalue weighted by molar-refractivity contribution is 5.99. The van der Waals surface area contributed by atoms with Crippen molar-refractivity contribution in [2.45, 2.75) is 38.1 Å². The van der Waals surface area contributed by atoms with Crippen LogP contribution in [0.1, 0.15) is 52.4 Å². The lowest BCUT2D eigenvalue weighted by atomic mass is 10.0. The van der Waals surface area contributed by atoms with E-state index in [2.05, 4.69) is 15.2 Å². The molecule has 0 bridgehead atoms. The number of benzene rings is 2. The molecule has 10 heteroatoms. The van der Waals surface area contributed by atoms with Gasteiger partial charge in [0.2, 0.25) is 0 Å². The molecule has 0 unspecified atom stereocenters. The zero-order valence-corrected chi connectivity index (χ0v) is 21.6. The van der Waals surface area contributed by atoms with E-state index in [1.807, 2.05) is 29.2 Å². The third-order valence-electron chi connectivity index (χ3n) is 6.99. The first kappa shape index (κ1) is 26.3. The van der Waals surface area contributed by atoms with Gasteiger partial charge in [0.1, 0.15) is 23.0 Å². The number of hydrogen-bond acceptors (Lipinski definition) is 6. The van der Waals surface area contributed by atoms with Crippen LogP contribution in [0.4, 0.5) is 14.6 Å². The lowest BCUT2D eigenvalue weighted by Crippen LogP contribution is -2.26. The molecule has 1 aliphatic heterocycles. The summed E-state index contributed by atoms with van der Waals surface area (Å²) in [7, 11) is 1.37. The van der Waals surface area contributed by atoms with Crippen molar-refractivity contribution in [3.63, 3.8) is 0 Å². The first-order chi connectivity index (χ1) is 18.9. The molecule has 8 nitrogen and oxygen atoms in total. The third kappa shape index (κ3) is 5.89. The summed E-state index contributed by atoms with van der Waals surface area (Å²) in [4.78, 5) is 31.0. The van der Waals surface area contributed by atoms with Crippen molar-refractivity contribution in [2.75, 3.05) is 25.1 Å². The van der Waals surface area contributed by atoms with Gasteiger partial charge in [-0.1, -0.05) is 24.3 Å². The summed E-state index contributed by atoms with van der Waals surface area (Å²) in [5.41, 5.74) is 3.04. The number of rotatable bonds is 9. The third-order valence-corrected chi connectivity index (χ3v) is 6.99. The zero-order valence-electron chi connectivity index (χ0n) is 21.6. The molecule has 202 valence electrons. The molecule has 1 aliphatic rings. The fourth-order valence-corrected chi connectivity index (χ4v) is 4.97. The molecule has 4 aromatic rings. The van der Waals surface area contributed by atoms with Crippen molar-refractivity contribution < 1.29 is 23.1 Å². The average molecular weight is 534 g/mol. The van der Waals surface area contributed by atoms with Gasteiger partial charge in [-0.3, -0.25) is 9.59 Å². The highest BCUT2D eigenvalue weighted by Gasteiger charge is 2.30. The molecule has 1 N–H and O–H groups in total. The van der Waals surface area contributed by atoms with Crippen molar-refractivity contribution in [1.82, 2.24) is 19.9 Å². The molecule has 5 rings (SSSR count). The number of carbonyl (C=O) groups excluding carboxylic acids is 2. The van der Waals surface area contributed by atoms with Gasteiger partial charge < -0.3 is 15.0 Å². The largest absolute Gasteiger partial charge is 0.469 e. The summed E-state index contributed by atoms with van der Waals surface area (Å²) >= 11 is 0. The van der Waals surface area contributed by atoms with Crippen LogP contribution >= 0.6 is 0 Å². The first-order valence-electron chi connectivity index (χ1n) is 12.9. The van der Waals surface area contributed by atoms with Gasteiger partial charge in [-0.05, 0) is 61.1 Å². The lowest BCUT2D eigenvalue weighted by Gasteiger charge is -2.26. The van der Waals surface area contributed by atoms with Crippen LogP contribution in [0, 0.1) is 11.6 Å².